The molecule has 0 saturated heterocycles. The third-order valence-corrected chi connectivity index (χ3v) is 4.90. The molecule has 0 N–H and O–H groups in total. The second kappa shape index (κ2) is 8.44. The minimum absolute atomic E-state index is 0.277. The summed E-state index contributed by atoms with van der Waals surface area (Å²) in [6.45, 7) is 5.49. The molecule has 23 heavy (non-hydrogen) atoms. The molecule has 0 bridgehead atoms. The summed E-state index contributed by atoms with van der Waals surface area (Å²) in [6.07, 6.45) is 0. The zero-order valence-electron chi connectivity index (χ0n) is 14.6. The quantitative estimate of drug-likeness (QED) is 0.575. The van der Waals surface area contributed by atoms with Gasteiger partial charge in [-0.3, -0.25) is 0 Å². The largest absolute Gasteiger partial charge is 0.467 e. The van der Waals surface area contributed by atoms with E-state index >= 15 is 0 Å². The number of nitrogens with zero attached hydrogens (tertiary/aromatic N) is 1. The van der Waals surface area contributed by atoms with E-state index in [0.717, 1.165) is 12.3 Å². The number of ether oxygens (including phenoxy) is 2. The van der Waals surface area contributed by atoms with Gasteiger partial charge in [0.25, 0.3) is 0 Å². The van der Waals surface area contributed by atoms with Crippen LogP contribution >= 0.6 is 8.58 Å². The zero-order valence-corrected chi connectivity index (χ0v) is 15.6. The van der Waals surface area contributed by atoms with Crippen LogP contribution < -0.4 is 15.3 Å². The third-order valence-electron chi connectivity index (χ3n) is 3.48. The molecule has 0 aromatic heterocycles. The molecule has 0 saturated carbocycles. The van der Waals surface area contributed by atoms with Crippen LogP contribution in [0, 0.1) is 13.8 Å². The van der Waals surface area contributed by atoms with E-state index in [0.29, 0.717) is 8.58 Å². The van der Waals surface area contributed by atoms with Crippen LogP contribution in [0.15, 0.2) is 36.4 Å². The lowest BCUT2D eigenvalue weighted by molar-refractivity contribution is 0.0519. The normalized spacial score (nSPS) is 11.6. The van der Waals surface area contributed by atoms with Crippen molar-refractivity contribution in [1.82, 2.24) is 4.90 Å². The molecule has 4 heteroatoms. The molecule has 1 atom stereocenters. The summed E-state index contributed by atoms with van der Waals surface area (Å²) < 4.78 is 10.8. The first-order valence-electron chi connectivity index (χ1n) is 7.73. The van der Waals surface area contributed by atoms with Gasteiger partial charge in [0.2, 0.25) is 0 Å². The molecule has 0 fully saturated rings. The molecule has 0 amide bonds. The van der Waals surface area contributed by atoms with Crippen LogP contribution in [0.2, 0.25) is 0 Å². The van der Waals surface area contributed by atoms with Crippen molar-refractivity contribution < 1.29 is 9.47 Å². The lowest BCUT2D eigenvalue weighted by atomic mass is 10.1. The molecule has 3 nitrogen and oxygen atoms in total. The van der Waals surface area contributed by atoms with Gasteiger partial charge in [0.15, 0.2) is 6.79 Å². The van der Waals surface area contributed by atoms with E-state index in [2.05, 4.69) is 63.2 Å². The predicted molar refractivity (Wildman–Crippen MR) is 99.8 cm³/mol. The maximum absolute atomic E-state index is 5.73. The van der Waals surface area contributed by atoms with Crippen molar-refractivity contribution in [2.24, 2.45) is 0 Å². The van der Waals surface area contributed by atoms with E-state index in [-0.39, 0.29) is 6.79 Å². The molecular formula is C19H26NO2P. The number of hydrogen-bond donors (Lipinski definition) is 0. The van der Waals surface area contributed by atoms with Crippen LogP contribution in [-0.4, -0.2) is 32.9 Å². The molecule has 124 valence electrons. The first-order valence-corrected chi connectivity index (χ1v) is 8.73. The lowest BCUT2D eigenvalue weighted by Gasteiger charge is -2.17. The molecule has 1 unspecified atom stereocenters. The molecule has 0 aliphatic heterocycles. The topological polar surface area (TPSA) is 21.7 Å². The van der Waals surface area contributed by atoms with E-state index in [1.807, 2.05) is 6.07 Å². The third kappa shape index (κ3) is 5.31. The second-order valence-corrected chi connectivity index (χ2v) is 7.40. The SMILES string of the molecule is COCOc1ccc(C)cc1Pc1ccc(C)cc1CN(C)C. The number of benzene rings is 2. The highest BCUT2D eigenvalue weighted by Crippen LogP contribution is 2.23. The summed E-state index contributed by atoms with van der Waals surface area (Å²) in [7, 11) is 6.43. The van der Waals surface area contributed by atoms with Crippen molar-refractivity contribution in [3.8, 4) is 5.75 Å². The van der Waals surface area contributed by atoms with Crippen LogP contribution in [-0.2, 0) is 11.3 Å². The Balaban J connectivity index is 2.32. The highest BCUT2D eigenvalue weighted by Gasteiger charge is 2.10. The van der Waals surface area contributed by atoms with Gasteiger partial charge in [-0.05, 0) is 50.9 Å². The molecule has 0 radical (unpaired) electrons. The predicted octanol–water partition coefficient (Wildman–Crippen LogP) is 2.98. The summed E-state index contributed by atoms with van der Waals surface area (Å²) >= 11 is 0. The van der Waals surface area contributed by atoms with Gasteiger partial charge < -0.3 is 14.4 Å². The van der Waals surface area contributed by atoms with Gasteiger partial charge in [-0.25, -0.2) is 0 Å². The summed E-state index contributed by atoms with van der Waals surface area (Å²) in [6, 6.07) is 13.0. The molecule has 0 aliphatic carbocycles. The van der Waals surface area contributed by atoms with Crippen LogP contribution in [0.3, 0.4) is 0 Å². The van der Waals surface area contributed by atoms with Crippen LogP contribution in [0.1, 0.15) is 16.7 Å². The second-order valence-electron chi connectivity index (χ2n) is 6.07. The van der Waals surface area contributed by atoms with Crippen molar-refractivity contribution in [3.05, 3.63) is 53.1 Å². The molecule has 0 heterocycles. The maximum atomic E-state index is 5.73. The van der Waals surface area contributed by atoms with Crippen LogP contribution in [0.4, 0.5) is 0 Å². The molecular weight excluding hydrogens is 305 g/mol. The Morgan fingerprint density at radius 1 is 0.957 bits per heavy atom. The number of rotatable bonds is 7. The van der Waals surface area contributed by atoms with Crippen molar-refractivity contribution >= 4 is 19.2 Å². The molecule has 2 aromatic carbocycles. The molecule has 2 rings (SSSR count). The minimum atomic E-state index is 0.277. The van der Waals surface area contributed by atoms with Gasteiger partial charge in [-0.1, -0.05) is 44.0 Å². The Bertz CT molecular complexity index is 656. The zero-order chi connectivity index (χ0) is 16.8. The first-order chi connectivity index (χ1) is 11.0. The van der Waals surface area contributed by atoms with E-state index in [1.54, 1.807) is 7.11 Å². The van der Waals surface area contributed by atoms with E-state index in [9.17, 15) is 0 Å². The number of hydrogen-bond acceptors (Lipinski definition) is 3. The molecule has 2 aromatic rings. The molecule has 0 aliphatic rings. The number of methoxy groups -OCH3 is 1. The van der Waals surface area contributed by atoms with Crippen molar-refractivity contribution in [2.45, 2.75) is 20.4 Å². The Morgan fingerprint density at radius 3 is 2.35 bits per heavy atom. The Morgan fingerprint density at radius 2 is 1.65 bits per heavy atom. The fraction of sp³-hybridized carbons (Fsp3) is 0.368. The van der Waals surface area contributed by atoms with Gasteiger partial charge in [-0.2, -0.15) is 0 Å². The van der Waals surface area contributed by atoms with E-state index in [1.165, 1.54) is 27.3 Å². The van der Waals surface area contributed by atoms with Crippen molar-refractivity contribution in [2.75, 3.05) is 28.0 Å². The van der Waals surface area contributed by atoms with Gasteiger partial charge in [0.1, 0.15) is 5.75 Å². The lowest BCUT2D eigenvalue weighted by Crippen LogP contribution is -2.18. The minimum Gasteiger partial charge on any atom is -0.467 e. The standard InChI is InChI=1S/C19H26NO2P/c1-14-7-9-18(16(10-14)12-20(3)4)23-19-11-15(2)6-8-17(19)22-13-21-5/h6-11,23H,12-13H2,1-5H3. The molecule has 0 spiro atoms. The van der Waals surface area contributed by atoms with Gasteiger partial charge in [0, 0.05) is 19.0 Å². The Kier molecular flexibility index (Phi) is 6.59. The smallest absolute Gasteiger partial charge is 0.188 e. The Labute approximate surface area is 141 Å². The fourth-order valence-electron chi connectivity index (χ4n) is 2.45. The van der Waals surface area contributed by atoms with Gasteiger partial charge in [-0.15, -0.1) is 0 Å². The number of aryl methyl sites for hydroxylation is 2. The summed E-state index contributed by atoms with van der Waals surface area (Å²) in [5.41, 5.74) is 3.93. The Hall–Kier alpha value is -1.41. The van der Waals surface area contributed by atoms with Crippen LogP contribution in [0.5, 0.6) is 5.75 Å². The van der Waals surface area contributed by atoms with Crippen LogP contribution in [0.25, 0.3) is 0 Å². The average molecular weight is 331 g/mol. The van der Waals surface area contributed by atoms with E-state index < -0.39 is 0 Å². The summed E-state index contributed by atoms with van der Waals surface area (Å²) in [5.74, 6) is 0.909. The van der Waals surface area contributed by atoms with Crippen molar-refractivity contribution in [1.29, 1.82) is 0 Å². The average Bonchev–Trinajstić information content (AvgIpc) is 2.48. The summed E-state index contributed by atoms with van der Waals surface area (Å²) in [4.78, 5) is 2.21. The van der Waals surface area contributed by atoms with Crippen molar-refractivity contribution in [3.63, 3.8) is 0 Å². The fourth-order valence-corrected chi connectivity index (χ4v) is 3.80. The maximum Gasteiger partial charge on any atom is 0.188 e. The first kappa shape index (κ1) is 17.9. The highest BCUT2D eigenvalue weighted by molar-refractivity contribution is 7.55. The van der Waals surface area contributed by atoms with E-state index in [4.69, 9.17) is 9.47 Å². The van der Waals surface area contributed by atoms with Gasteiger partial charge in [0.05, 0.1) is 0 Å². The highest BCUT2D eigenvalue weighted by atomic mass is 31.1. The summed E-state index contributed by atoms with van der Waals surface area (Å²) in [5, 5.41) is 2.60. The monoisotopic (exact) mass is 331 g/mol. The van der Waals surface area contributed by atoms with Gasteiger partial charge >= 0.3 is 0 Å².